The fourth-order valence-corrected chi connectivity index (χ4v) is 3.19. The van der Waals surface area contributed by atoms with Crippen LogP contribution in [0.1, 0.15) is 0 Å². The molecule has 2 atom stereocenters. The average Bonchev–Trinajstić information content (AvgIpc) is 3.23. The zero-order valence-electron chi connectivity index (χ0n) is 14.5. The van der Waals surface area contributed by atoms with Gasteiger partial charge in [0.1, 0.15) is 5.82 Å². The number of halogens is 1. The molecule has 138 valence electrons. The lowest BCUT2D eigenvalue weighted by Gasteiger charge is -2.21. The van der Waals surface area contributed by atoms with Crippen molar-refractivity contribution in [1.29, 1.82) is 0 Å². The molecular weight excluding hydrogens is 355 g/mol. The number of nitrogens with zero attached hydrogens (tertiary/aromatic N) is 4. The number of hydrogen-bond acceptors (Lipinski definition) is 7. The lowest BCUT2D eigenvalue weighted by molar-refractivity contribution is -0.121. The molecule has 0 aromatic heterocycles. The summed E-state index contributed by atoms with van der Waals surface area (Å²) in [6.45, 7) is 0. The summed E-state index contributed by atoms with van der Waals surface area (Å²) in [5, 5.41) is 9.35. The van der Waals surface area contributed by atoms with Crippen LogP contribution in [0.25, 0.3) is 0 Å². The van der Waals surface area contributed by atoms with Gasteiger partial charge in [0.25, 0.3) is 11.8 Å². The Labute approximate surface area is 153 Å². The van der Waals surface area contributed by atoms with Gasteiger partial charge in [-0.1, -0.05) is 5.22 Å². The molecule has 0 spiro atoms. The van der Waals surface area contributed by atoms with Gasteiger partial charge in [-0.25, -0.2) is 14.3 Å². The highest BCUT2D eigenvalue weighted by molar-refractivity contribution is 6.26. The Bertz CT molecular complexity index is 947. The summed E-state index contributed by atoms with van der Waals surface area (Å²) in [6.07, 6.45) is 0. The van der Waals surface area contributed by atoms with Gasteiger partial charge in [-0.3, -0.25) is 9.59 Å². The molecule has 2 aliphatic heterocycles. The zero-order chi connectivity index (χ0) is 19.1. The quantitative estimate of drug-likeness (QED) is 0.772. The van der Waals surface area contributed by atoms with E-state index in [-0.39, 0.29) is 0 Å². The van der Waals surface area contributed by atoms with E-state index >= 15 is 0 Å². The van der Waals surface area contributed by atoms with E-state index in [4.69, 9.17) is 9.47 Å². The van der Waals surface area contributed by atoms with Crippen molar-refractivity contribution < 1.29 is 23.5 Å². The second-order valence-corrected chi connectivity index (χ2v) is 5.97. The fourth-order valence-electron chi connectivity index (χ4n) is 3.19. The van der Waals surface area contributed by atoms with Crippen molar-refractivity contribution in [3.63, 3.8) is 0 Å². The van der Waals surface area contributed by atoms with Gasteiger partial charge in [-0.2, -0.15) is 5.11 Å². The number of imide groups is 1. The first-order valence-electron chi connectivity index (χ1n) is 8.10. The van der Waals surface area contributed by atoms with Gasteiger partial charge in [0, 0.05) is 6.07 Å². The van der Waals surface area contributed by atoms with E-state index in [1.807, 2.05) is 0 Å². The molecule has 8 nitrogen and oxygen atoms in total. The normalized spacial score (nSPS) is 21.0. The summed E-state index contributed by atoms with van der Waals surface area (Å²) in [7, 11) is 3.01. The Hall–Kier alpha value is -3.49. The zero-order valence-corrected chi connectivity index (χ0v) is 14.5. The molecule has 0 saturated carbocycles. The van der Waals surface area contributed by atoms with Crippen molar-refractivity contribution in [2.45, 2.75) is 12.1 Å². The monoisotopic (exact) mass is 370 g/mol. The molecule has 27 heavy (non-hydrogen) atoms. The molecule has 1 saturated heterocycles. The smallest absolute Gasteiger partial charge is 0.263 e. The van der Waals surface area contributed by atoms with Gasteiger partial charge in [0.15, 0.2) is 23.6 Å². The van der Waals surface area contributed by atoms with Gasteiger partial charge in [0.05, 0.1) is 25.6 Å². The van der Waals surface area contributed by atoms with Crippen LogP contribution in [0, 0.1) is 5.82 Å². The average molecular weight is 370 g/mol. The minimum Gasteiger partial charge on any atom is -0.493 e. The summed E-state index contributed by atoms with van der Waals surface area (Å²) >= 11 is 0. The van der Waals surface area contributed by atoms with Gasteiger partial charge in [-0.05, 0) is 36.4 Å². The van der Waals surface area contributed by atoms with Crippen LogP contribution >= 0.6 is 0 Å². The van der Waals surface area contributed by atoms with E-state index in [9.17, 15) is 14.0 Å². The molecule has 0 aliphatic carbocycles. The highest BCUT2D eigenvalue weighted by atomic mass is 19.1. The van der Waals surface area contributed by atoms with Crippen LogP contribution in [-0.2, 0) is 9.59 Å². The second-order valence-electron chi connectivity index (χ2n) is 5.97. The van der Waals surface area contributed by atoms with Crippen molar-refractivity contribution in [1.82, 2.24) is 0 Å². The lowest BCUT2D eigenvalue weighted by atomic mass is 10.1. The number of benzene rings is 2. The van der Waals surface area contributed by atoms with E-state index in [1.165, 1.54) is 43.5 Å². The number of hydrogen-bond donors (Lipinski definition) is 0. The van der Waals surface area contributed by atoms with Gasteiger partial charge < -0.3 is 9.47 Å². The Balaban J connectivity index is 1.68. The van der Waals surface area contributed by atoms with Crippen LogP contribution in [0.4, 0.5) is 15.8 Å². The van der Waals surface area contributed by atoms with Crippen LogP contribution in [0.3, 0.4) is 0 Å². The molecule has 2 aliphatic rings. The summed E-state index contributed by atoms with van der Waals surface area (Å²) in [4.78, 5) is 26.6. The molecule has 2 amide bonds. The lowest BCUT2D eigenvalue weighted by Crippen LogP contribution is -2.39. The Morgan fingerprint density at radius 3 is 2.26 bits per heavy atom. The summed E-state index contributed by atoms with van der Waals surface area (Å²) < 4.78 is 23.6. The highest BCUT2D eigenvalue weighted by Gasteiger charge is 2.55. The number of anilines is 2. The number of carbonyl (C=O) groups is 2. The first-order valence-corrected chi connectivity index (χ1v) is 8.10. The van der Waals surface area contributed by atoms with Gasteiger partial charge in [-0.15, -0.1) is 0 Å². The fraction of sp³-hybridized carbons (Fsp3) is 0.222. The van der Waals surface area contributed by atoms with E-state index in [1.54, 1.807) is 18.2 Å². The van der Waals surface area contributed by atoms with Gasteiger partial charge in [0.2, 0.25) is 0 Å². The van der Waals surface area contributed by atoms with Crippen molar-refractivity contribution in [3.05, 3.63) is 48.3 Å². The largest absolute Gasteiger partial charge is 0.493 e. The molecule has 4 rings (SSSR count). The Kier molecular flexibility index (Phi) is 3.98. The third-order valence-electron chi connectivity index (χ3n) is 4.50. The van der Waals surface area contributed by atoms with E-state index in [0.717, 1.165) is 4.90 Å². The van der Waals surface area contributed by atoms with E-state index in [0.29, 0.717) is 22.9 Å². The molecule has 0 N–H and O–H groups in total. The van der Waals surface area contributed by atoms with Crippen molar-refractivity contribution in [2.75, 3.05) is 24.1 Å². The molecule has 2 heterocycles. The Morgan fingerprint density at radius 1 is 0.926 bits per heavy atom. The third-order valence-corrected chi connectivity index (χ3v) is 4.50. The predicted octanol–water partition coefficient (Wildman–Crippen LogP) is 2.34. The van der Waals surface area contributed by atoms with Gasteiger partial charge >= 0.3 is 0 Å². The number of rotatable bonds is 4. The maximum Gasteiger partial charge on any atom is 0.263 e. The number of ether oxygens (including phenoxy) is 2. The summed E-state index contributed by atoms with van der Waals surface area (Å²) in [5.41, 5.74) is 0.828. The predicted molar refractivity (Wildman–Crippen MR) is 93.4 cm³/mol. The SMILES string of the molecule is COc1ccc(N2N=N[C@H]3C(=O)N(c4ccc(F)cc4)C(=O)[C@@H]32)cc1OC. The number of carbonyl (C=O) groups excluding carboxylic acids is 2. The topological polar surface area (TPSA) is 83.8 Å². The molecular formula is C18H15FN4O4. The summed E-state index contributed by atoms with van der Waals surface area (Å²) in [6, 6.07) is 8.32. The molecule has 9 heteroatoms. The maximum atomic E-state index is 13.2. The first-order chi connectivity index (χ1) is 13.0. The van der Waals surface area contributed by atoms with Crippen LogP contribution < -0.4 is 19.4 Å². The van der Waals surface area contributed by atoms with E-state index < -0.39 is 29.7 Å². The third kappa shape index (κ3) is 2.59. The van der Waals surface area contributed by atoms with Crippen molar-refractivity contribution >= 4 is 23.2 Å². The van der Waals surface area contributed by atoms with Crippen LogP contribution in [0.15, 0.2) is 52.8 Å². The van der Waals surface area contributed by atoms with Crippen molar-refractivity contribution in [2.24, 2.45) is 10.3 Å². The second kappa shape index (κ2) is 6.35. The van der Waals surface area contributed by atoms with Crippen LogP contribution in [0.5, 0.6) is 11.5 Å². The van der Waals surface area contributed by atoms with E-state index in [2.05, 4.69) is 10.3 Å². The summed E-state index contributed by atoms with van der Waals surface area (Å²) in [5.74, 6) is -0.444. The van der Waals surface area contributed by atoms with Crippen LogP contribution in [-0.4, -0.2) is 38.1 Å². The molecule has 1 fully saturated rings. The molecule has 2 aromatic rings. The molecule has 0 radical (unpaired) electrons. The Morgan fingerprint density at radius 2 is 1.59 bits per heavy atom. The molecule has 0 bridgehead atoms. The highest BCUT2D eigenvalue weighted by Crippen LogP contribution is 2.38. The minimum absolute atomic E-state index is 0.295. The maximum absolute atomic E-state index is 13.2. The molecule has 2 aromatic carbocycles. The van der Waals surface area contributed by atoms with Crippen LogP contribution in [0.2, 0.25) is 0 Å². The minimum atomic E-state index is -0.948. The number of fused-ring (bicyclic) bond motifs is 1. The number of methoxy groups -OCH3 is 2. The first kappa shape index (κ1) is 17.0. The molecule has 0 unspecified atom stereocenters. The standard InChI is InChI=1S/C18H15FN4O4/c1-26-13-8-7-12(9-14(13)27-2)23-16-15(20-21-23)17(24)22(18(16)25)11-5-3-10(19)4-6-11/h3-9,15-16H,1-2H3/t15-,16-/m1/s1. The van der Waals surface area contributed by atoms with Crippen molar-refractivity contribution in [3.8, 4) is 11.5 Å². The number of amides is 2.